The predicted octanol–water partition coefficient (Wildman–Crippen LogP) is 1.41. The van der Waals surface area contributed by atoms with Gasteiger partial charge in [-0.3, -0.25) is 5.10 Å². The summed E-state index contributed by atoms with van der Waals surface area (Å²) in [7, 11) is 0. The molecular weight excluding hydrogens is 437 g/mol. The molecule has 0 bridgehead atoms. The van der Waals surface area contributed by atoms with Crippen molar-refractivity contribution in [2.75, 3.05) is 0 Å². The van der Waals surface area contributed by atoms with Crippen LogP contribution >= 0.6 is 0 Å². The summed E-state index contributed by atoms with van der Waals surface area (Å²) in [5.74, 6) is -2.00. The van der Waals surface area contributed by atoms with Gasteiger partial charge in [0.05, 0.1) is 5.56 Å². The summed E-state index contributed by atoms with van der Waals surface area (Å²) in [4.78, 5) is 11.2. The van der Waals surface area contributed by atoms with Gasteiger partial charge in [0.2, 0.25) is 12.2 Å². The lowest BCUT2D eigenvalue weighted by atomic mass is 9.98. The van der Waals surface area contributed by atoms with Gasteiger partial charge >= 0.3 is 12.1 Å². The average molecular weight is 460 g/mol. The number of benzene rings is 1. The molecule has 32 heavy (non-hydrogen) atoms. The second-order valence-electron chi connectivity index (χ2n) is 7.81. The fourth-order valence-electron chi connectivity index (χ4n) is 3.33. The number of rotatable bonds is 6. The maximum Gasteiger partial charge on any atom is 0.433 e. The van der Waals surface area contributed by atoms with E-state index < -0.39 is 60.0 Å². The Morgan fingerprint density at radius 3 is 2.31 bits per heavy atom. The molecule has 3 rings (SSSR count). The van der Waals surface area contributed by atoms with Crippen molar-refractivity contribution in [1.29, 1.82) is 0 Å². The van der Waals surface area contributed by atoms with E-state index in [1.54, 1.807) is 24.3 Å². The summed E-state index contributed by atoms with van der Waals surface area (Å²) in [6.45, 7) is 3.95. The van der Waals surface area contributed by atoms with Gasteiger partial charge in [0.25, 0.3) is 0 Å². The second-order valence-corrected chi connectivity index (χ2v) is 7.81. The zero-order chi connectivity index (χ0) is 23.8. The first kappa shape index (κ1) is 24.0. The molecule has 1 saturated heterocycles. The van der Waals surface area contributed by atoms with Crippen LogP contribution in [0, 0.1) is 0 Å². The number of nitrogens with zero attached hydrogens (tertiary/aromatic N) is 1. The number of ether oxygens (including phenoxy) is 2. The lowest BCUT2D eigenvalue weighted by molar-refractivity contribution is -0.271. The summed E-state index contributed by atoms with van der Waals surface area (Å²) in [6.07, 6.45) is -14.8. The Balaban J connectivity index is 1.91. The minimum atomic E-state index is -4.80. The zero-order valence-electron chi connectivity index (χ0n) is 17.1. The SMILES string of the molecule is CC(C)c1ccc(Cc2c(OC3O[C@H](C(=O)O)[C@@H](O)[C@H](O)[C@H]3O)n[nH]c2C(F)(F)F)cc1. The number of nitrogens with one attached hydrogen (secondary N) is 1. The fraction of sp³-hybridized carbons (Fsp3) is 0.500. The number of aromatic nitrogens is 2. The van der Waals surface area contributed by atoms with Gasteiger partial charge in [-0.15, -0.1) is 5.10 Å². The molecule has 0 spiro atoms. The largest absolute Gasteiger partial charge is 0.479 e. The average Bonchev–Trinajstić information content (AvgIpc) is 3.11. The molecule has 2 heterocycles. The molecule has 1 aliphatic rings. The lowest BCUT2D eigenvalue weighted by Gasteiger charge is -2.38. The van der Waals surface area contributed by atoms with Crippen molar-refractivity contribution < 1.29 is 47.9 Å². The fourth-order valence-corrected chi connectivity index (χ4v) is 3.33. The smallest absolute Gasteiger partial charge is 0.433 e. The number of carboxylic acid groups (broad SMARTS) is 1. The Morgan fingerprint density at radius 1 is 1.16 bits per heavy atom. The van der Waals surface area contributed by atoms with Gasteiger partial charge in [-0.2, -0.15) is 13.2 Å². The van der Waals surface area contributed by atoms with Crippen LogP contribution in [0.5, 0.6) is 5.88 Å². The molecule has 0 saturated carbocycles. The number of hydrogen-bond donors (Lipinski definition) is 5. The van der Waals surface area contributed by atoms with Crippen LogP contribution < -0.4 is 4.74 Å². The highest BCUT2D eigenvalue weighted by molar-refractivity contribution is 5.73. The molecule has 1 aliphatic heterocycles. The molecule has 176 valence electrons. The van der Waals surface area contributed by atoms with Crippen LogP contribution in [0.1, 0.15) is 42.1 Å². The van der Waals surface area contributed by atoms with E-state index in [9.17, 15) is 33.3 Å². The van der Waals surface area contributed by atoms with Gasteiger partial charge in [-0.05, 0) is 17.0 Å². The summed E-state index contributed by atoms with van der Waals surface area (Å²) in [6, 6.07) is 6.91. The van der Waals surface area contributed by atoms with Gasteiger partial charge in [0.1, 0.15) is 24.0 Å². The quantitative estimate of drug-likeness (QED) is 0.435. The molecule has 12 heteroatoms. The van der Waals surface area contributed by atoms with Crippen molar-refractivity contribution in [3.8, 4) is 5.88 Å². The highest BCUT2D eigenvalue weighted by Crippen LogP contribution is 2.37. The van der Waals surface area contributed by atoms with Gasteiger partial charge in [0, 0.05) is 6.42 Å². The number of H-pyrrole nitrogens is 1. The van der Waals surface area contributed by atoms with Crippen molar-refractivity contribution in [3.05, 3.63) is 46.6 Å². The van der Waals surface area contributed by atoms with Crippen LogP contribution in [0.15, 0.2) is 24.3 Å². The first-order valence-electron chi connectivity index (χ1n) is 9.72. The number of carbonyl (C=O) groups is 1. The van der Waals surface area contributed by atoms with Crippen LogP contribution in [0.4, 0.5) is 13.2 Å². The minimum absolute atomic E-state index is 0.233. The maximum absolute atomic E-state index is 13.5. The van der Waals surface area contributed by atoms with E-state index in [0.29, 0.717) is 5.56 Å². The van der Waals surface area contributed by atoms with Crippen molar-refractivity contribution in [2.24, 2.45) is 0 Å². The molecule has 1 fully saturated rings. The van der Waals surface area contributed by atoms with E-state index in [-0.39, 0.29) is 12.3 Å². The number of halogens is 3. The van der Waals surface area contributed by atoms with E-state index in [0.717, 1.165) is 5.56 Å². The Bertz CT molecular complexity index is 946. The van der Waals surface area contributed by atoms with Gasteiger partial charge in [0.15, 0.2) is 6.10 Å². The molecular formula is C20H23F3N2O7. The normalized spacial score (nSPS) is 26.3. The number of aliphatic carboxylic acids is 1. The molecule has 0 aliphatic carbocycles. The third-order valence-electron chi connectivity index (χ3n) is 5.18. The first-order chi connectivity index (χ1) is 14.9. The Morgan fingerprint density at radius 2 is 1.78 bits per heavy atom. The van der Waals surface area contributed by atoms with Gasteiger partial charge in [-0.1, -0.05) is 38.1 Å². The molecule has 0 amide bonds. The first-order valence-corrected chi connectivity index (χ1v) is 9.72. The van der Waals surface area contributed by atoms with E-state index in [1.807, 2.05) is 18.9 Å². The maximum atomic E-state index is 13.5. The molecule has 1 aromatic carbocycles. The summed E-state index contributed by atoms with van der Waals surface area (Å²) in [5.41, 5.74) is -0.0474. The number of hydrogen-bond acceptors (Lipinski definition) is 7. The number of aliphatic hydroxyl groups is 3. The van der Waals surface area contributed by atoms with Crippen molar-refractivity contribution >= 4 is 5.97 Å². The van der Waals surface area contributed by atoms with E-state index in [2.05, 4.69) is 5.10 Å². The van der Waals surface area contributed by atoms with Crippen molar-refractivity contribution in [2.45, 2.75) is 63.1 Å². The number of aliphatic hydroxyl groups excluding tert-OH is 3. The molecule has 0 radical (unpaired) electrons. The van der Waals surface area contributed by atoms with Gasteiger partial charge in [-0.25, -0.2) is 4.79 Å². The van der Waals surface area contributed by atoms with E-state index in [1.165, 1.54) is 0 Å². The third kappa shape index (κ3) is 4.88. The second kappa shape index (κ2) is 9.06. The minimum Gasteiger partial charge on any atom is -0.479 e. The third-order valence-corrected chi connectivity index (χ3v) is 5.18. The van der Waals surface area contributed by atoms with Crippen LogP contribution in [0.25, 0.3) is 0 Å². The molecule has 2 aromatic rings. The molecule has 1 aromatic heterocycles. The number of carboxylic acids is 1. The Kier molecular flexibility index (Phi) is 6.79. The predicted molar refractivity (Wildman–Crippen MR) is 102 cm³/mol. The molecule has 9 nitrogen and oxygen atoms in total. The standard InChI is InChI=1S/C20H23F3N2O7/c1-8(2)10-5-3-9(4-6-10)7-11-16(20(21,22)23)24-25-17(11)32-19-14(28)12(26)13(27)15(31-19)18(29)30/h3-6,8,12-15,19,26-28H,7H2,1-2H3,(H,24,25)(H,29,30)/t12-,13-,14+,15-,19?/m0/s1. The molecule has 5 atom stereocenters. The Hall–Kier alpha value is -2.67. The highest BCUT2D eigenvalue weighted by Gasteiger charge is 2.49. The van der Waals surface area contributed by atoms with Crippen LogP contribution in [0.2, 0.25) is 0 Å². The summed E-state index contributed by atoms with van der Waals surface area (Å²) < 4.78 is 50.8. The van der Waals surface area contributed by atoms with Crippen molar-refractivity contribution in [1.82, 2.24) is 10.2 Å². The number of aromatic amines is 1. The molecule has 1 unspecified atom stereocenters. The van der Waals surface area contributed by atoms with Crippen LogP contribution in [-0.4, -0.2) is 67.3 Å². The summed E-state index contributed by atoms with van der Waals surface area (Å²) in [5, 5.41) is 44.2. The number of alkyl halides is 3. The van der Waals surface area contributed by atoms with E-state index in [4.69, 9.17) is 14.6 Å². The summed E-state index contributed by atoms with van der Waals surface area (Å²) >= 11 is 0. The van der Waals surface area contributed by atoms with Crippen molar-refractivity contribution in [3.63, 3.8) is 0 Å². The topological polar surface area (TPSA) is 145 Å². The molecule has 5 N–H and O–H groups in total. The van der Waals surface area contributed by atoms with Gasteiger partial charge < -0.3 is 29.9 Å². The van der Waals surface area contributed by atoms with E-state index >= 15 is 0 Å². The Labute approximate surface area is 180 Å². The zero-order valence-corrected chi connectivity index (χ0v) is 17.1. The highest BCUT2D eigenvalue weighted by atomic mass is 19.4. The lowest BCUT2D eigenvalue weighted by Crippen LogP contribution is -2.61. The van der Waals surface area contributed by atoms with Crippen LogP contribution in [0.3, 0.4) is 0 Å². The van der Waals surface area contributed by atoms with Crippen LogP contribution in [-0.2, 0) is 22.1 Å². The monoisotopic (exact) mass is 460 g/mol.